The number of hydrogen-bond donors (Lipinski definition) is 1. The minimum Gasteiger partial charge on any atom is -0.479 e. The van der Waals surface area contributed by atoms with Gasteiger partial charge in [-0.25, -0.2) is 9.18 Å². The summed E-state index contributed by atoms with van der Waals surface area (Å²) in [5, 5.41) is 8.44. The first kappa shape index (κ1) is 10.4. The number of unbranched alkanes of at least 4 members (excludes halogenated alkanes) is 1. The molecule has 0 bridgehead atoms. The van der Waals surface area contributed by atoms with Gasteiger partial charge in [0.25, 0.3) is 0 Å². The molecule has 0 saturated carbocycles. The van der Waals surface area contributed by atoms with Crippen LogP contribution in [0.2, 0.25) is 0 Å². The van der Waals surface area contributed by atoms with Crippen molar-refractivity contribution in [3.8, 4) is 0 Å². The second-order valence-electron chi connectivity index (χ2n) is 2.24. The lowest BCUT2D eigenvalue weighted by Crippen LogP contribution is -2.23. The molecule has 0 aliphatic rings. The van der Waals surface area contributed by atoms with E-state index >= 15 is 0 Å². The Balaban J connectivity index is 3.60. The molecule has 0 radical (unpaired) electrons. The van der Waals surface area contributed by atoms with Crippen LogP contribution in [0.3, 0.4) is 0 Å². The SMILES string of the molecule is CCCCC(OCF)C(=O)O. The summed E-state index contributed by atoms with van der Waals surface area (Å²) < 4.78 is 15.9. The van der Waals surface area contributed by atoms with E-state index < -0.39 is 18.9 Å². The number of halogens is 1. The molecule has 11 heavy (non-hydrogen) atoms. The molecule has 0 rings (SSSR count). The van der Waals surface area contributed by atoms with E-state index in [1.165, 1.54) is 0 Å². The Kier molecular flexibility index (Phi) is 5.74. The molecule has 0 heterocycles. The normalized spacial score (nSPS) is 12.9. The first-order valence-electron chi connectivity index (χ1n) is 3.62. The number of carbonyl (C=O) groups is 1. The molecule has 1 N–H and O–H groups in total. The number of hydrogen-bond acceptors (Lipinski definition) is 2. The highest BCUT2D eigenvalue weighted by Gasteiger charge is 2.16. The van der Waals surface area contributed by atoms with Gasteiger partial charge in [0, 0.05) is 0 Å². The van der Waals surface area contributed by atoms with E-state index in [0.717, 1.165) is 12.8 Å². The van der Waals surface area contributed by atoms with E-state index in [9.17, 15) is 9.18 Å². The van der Waals surface area contributed by atoms with E-state index in [4.69, 9.17) is 5.11 Å². The molecule has 1 atom stereocenters. The lowest BCUT2D eigenvalue weighted by molar-refractivity contribution is -0.154. The predicted molar refractivity (Wildman–Crippen MR) is 38.0 cm³/mol. The quantitative estimate of drug-likeness (QED) is 0.648. The Labute approximate surface area is 65.2 Å². The Morgan fingerprint density at radius 3 is 2.73 bits per heavy atom. The van der Waals surface area contributed by atoms with E-state index in [1.807, 2.05) is 6.92 Å². The van der Waals surface area contributed by atoms with Crippen LogP contribution in [0.5, 0.6) is 0 Å². The fourth-order valence-electron chi connectivity index (χ4n) is 0.744. The summed E-state index contributed by atoms with van der Waals surface area (Å²) in [4.78, 5) is 10.3. The van der Waals surface area contributed by atoms with E-state index in [2.05, 4.69) is 4.74 Å². The molecule has 0 aromatic carbocycles. The highest BCUT2D eigenvalue weighted by molar-refractivity contribution is 5.72. The Bertz CT molecular complexity index is 116. The first-order valence-corrected chi connectivity index (χ1v) is 3.62. The van der Waals surface area contributed by atoms with E-state index in [-0.39, 0.29) is 0 Å². The van der Waals surface area contributed by atoms with Crippen LogP contribution >= 0.6 is 0 Å². The summed E-state index contributed by atoms with van der Waals surface area (Å²) in [5.41, 5.74) is 0. The zero-order valence-electron chi connectivity index (χ0n) is 6.55. The fraction of sp³-hybridized carbons (Fsp3) is 0.857. The molecule has 4 heteroatoms. The lowest BCUT2D eigenvalue weighted by atomic mass is 10.2. The van der Waals surface area contributed by atoms with Gasteiger partial charge in [0.05, 0.1) is 0 Å². The molecule has 3 nitrogen and oxygen atoms in total. The maximum Gasteiger partial charge on any atom is 0.332 e. The molecule has 1 unspecified atom stereocenters. The Hall–Kier alpha value is -0.640. The van der Waals surface area contributed by atoms with Crippen LogP contribution in [0.25, 0.3) is 0 Å². The highest BCUT2D eigenvalue weighted by atomic mass is 19.1. The average molecular weight is 164 g/mol. The summed E-state index contributed by atoms with van der Waals surface area (Å²) in [6.45, 7) is 0.912. The maximum atomic E-state index is 11.5. The number of carboxylic acid groups (broad SMARTS) is 1. The zero-order chi connectivity index (χ0) is 8.69. The molecular formula is C7H13FO3. The van der Waals surface area contributed by atoms with Crippen molar-refractivity contribution in [2.45, 2.75) is 32.3 Å². The molecule has 0 saturated heterocycles. The van der Waals surface area contributed by atoms with Gasteiger partial charge in [-0.2, -0.15) is 0 Å². The largest absolute Gasteiger partial charge is 0.479 e. The molecule has 0 aromatic rings. The predicted octanol–water partition coefficient (Wildman–Crippen LogP) is 1.57. The van der Waals surface area contributed by atoms with Gasteiger partial charge in [-0.3, -0.25) is 0 Å². The molecule has 0 aliphatic heterocycles. The number of ether oxygens (including phenoxy) is 1. The van der Waals surface area contributed by atoms with Crippen molar-refractivity contribution in [3.63, 3.8) is 0 Å². The zero-order valence-corrected chi connectivity index (χ0v) is 6.55. The number of rotatable bonds is 6. The Morgan fingerprint density at radius 2 is 2.36 bits per heavy atom. The smallest absolute Gasteiger partial charge is 0.332 e. The summed E-state index contributed by atoms with van der Waals surface area (Å²) in [6.07, 6.45) is 1.05. The molecule has 0 amide bonds. The third kappa shape index (κ3) is 4.72. The van der Waals surface area contributed by atoms with Crippen molar-refractivity contribution in [2.75, 3.05) is 6.86 Å². The topological polar surface area (TPSA) is 46.5 Å². The van der Waals surface area contributed by atoms with Crippen LogP contribution in [0.1, 0.15) is 26.2 Å². The second-order valence-corrected chi connectivity index (χ2v) is 2.24. The van der Waals surface area contributed by atoms with Crippen LogP contribution in [-0.4, -0.2) is 24.0 Å². The molecular weight excluding hydrogens is 151 g/mol. The van der Waals surface area contributed by atoms with Gasteiger partial charge in [0.2, 0.25) is 0 Å². The Morgan fingerprint density at radius 1 is 1.73 bits per heavy atom. The van der Waals surface area contributed by atoms with E-state index in [1.54, 1.807) is 0 Å². The summed E-state index contributed by atoms with van der Waals surface area (Å²) >= 11 is 0. The van der Waals surface area contributed by atoms with Gasteiger partial charge < -0.3 is 9.84 Å². The van der Waals surface area contributed by atoms with Crippen LogP contribution in [0.15, 0.2) is 0 Å². The molecule has 66 valence electrons. The average Bonchev–Trinajstić information content (AvgIpc) is 1.97. The van der Waals surface area contributed by atoms with Crippen LogP contribution in [-0.2, 0) is 9.53 Å². The van der Waals surface area contributed by atoms with Gasteiger partial charge in [0.15, 0.2) is 13.0 Å². The monoisotopic (exact) mass is 164 g/mol. The maximum absolute atomic E-state index is 11.5. The van der Waals surface area contributed by atoms with Crippen molar-refractivity contribution in [1.82, 2.24) is 0 Å². The fourth-order valence-corrected chi connectivity index (χ4v) is 0.744. The van der Waals surface area contributed by atoms with Crippen molar-refractivity contribution < 1.29 is 19.0 Å². The van der Waals surface area contributed by atoms with Crippen LogP contribution in [0.4, 0.5) is 4.39 Å². The van der Waals surface area contributed by atoms with Gasteiger partial charge in [-0.15, -0.1) is 0 Å². The number of alkyl halides is 1. The molecule has 0 spiro atoms. The van der Waals surface area contributed by atoms with Crippen LogP contribution in [0, 0.1) is 0 Å². The summed E-state index contributed by atoms with van der Waals surface area (Å²) in [5.74, 6) is -1.09. The minimum atomic E-state index is -1.09. The number of aliphatic carboxylic acids is 1. The highest BCUT2D eigenvalue weighted by Crippen LogP contribution is 2.04. The lowest BCUT2D eigenvalue weighted by Gasteiger charge is -2.09. The summed E-state index contributed by atoms with van der Waals surface area (Å²) in [6, 6.07) is 0. The van der Waals surface area contributed by atoms with Gasteiger partial charge >= 0.3 is 5.97 Å². The molecule has 0 fully saturated rings. The number of carboxylic acids is 1. The van der Waals surface area contributed by atoms with E-state index in [0.29, 0.717) is 6.42 Å². The van der Waals surface area contributed by atoms with Gasteiger partial charge in [-0.1, -0.05) is 19.8 Å². The minimum absolute atomic E-state index is 0.385. The van der Waals surface area contributed by atoms with Crippen LogP contribution < -0.4 is 0 Å². The van der Waals surface area contributed by atoms with Gasteiger partial charge in [-0.05, 0) is 6.42 Å². The standard InChI is InChI=1S/C7H13FO3/c1-2-3-4-6(7(9)10)11-5-8/h6H,2-5H2,1H3,(H,9,10). The second kappa shape index (κ2) is 6.09. The first-order chi connectivity index (χ1) is 5.22. The molecule has 0 aliphatic carbocycles. The molecule has 0 aromatic heterocycles. The van der Waals surface area contributed by atoms with Crippen molar-refractivity contribution in [3.05, 3.63) is 0 Å². The van der Waals surface area contributed by atoms with Crippen molar-refractivity contribution >= 4 is 5.97 Å². The third-order valence-electron chi connectivity index (χ3n) is 1.36. The third-order valence-corrected chi connectivity index (χ3v) is 1.36. The van der Waals surface area contributed by atoms with Crippen molar-refractivity contribution in [2.24, 2.45) is 0 Å². The van der Waals surface area contributed by atoms with Crippen molar-refractivity contribution in [1.29, 1.82) is 0 Å². The summed E-state index contributed by atoms with van der Waals surface area (Å²) in [7, 11) is 0. The van der Waals surface area contributed by atoms with Gasteiger partial charge in [0.1, 0.15) is 0 Å².